The van der Waals surface area contributed by atoms with Gasteiger partial charge in [-0.2, -0.15) is 0 Å². The summed E-state index contributed by atoms with van der Waals surface area (Å²) in [6, 6.07) is -10.5. The third-order valence-corrected chi connectivity index (χ3v) is 6.54. The zero-order valence-corrected chi connectivity index (χ0v) is 27.0. The Morgan fingerprint density at radius 3 is 1.54 bits per heavy atom. The molecule has 17 N–H and O–H groups in total. The van der Waals surface area contributed by atoms with Crippen LogP contribution in [0.3, 0.4) is 0 Å². The van der Waals surface area contributed by atoms with Crippen molar-refractivity contribution in [1.29, 1.82) is 0 Å². The Morgan fingerprint density at radius 2 is 1.08 bits per heavy atom. The fourth-order valence-corrected chi connectivity index (χ4v) is 3.70. The van der Waals surface area contributed by atoms with Gasteiger partial charge in [-0.15, -0.1) is 0 Å². The number of hydrogen-bond donors (Lipinski definition) is 14. The zero-order chi connectivity index (χ0) is 37.3. The topological polar surface area (TPSA) is 383 Å². The monoisotopic (exact) mass is 692 g/mol. The molecule has 0 aliphatic carbocycles. The molecule has 0 rings (SSSR count). The maximum Gasteiger partial charge on any atom is 0.328 e. The fourth-order valence-electron chi connectivity index (χ4n) is 3.70. The largest absolute Gasteiger partial charge is 0.480 e. The predicted octanol–water partition coefficient (Wildman–Crippen LogP) is -7.85. The molecule has 0 aromatic heterocycles. The van der Waals surface area contributed by atoms with Crippen LogP contribution < -0.4 is 49.1 Å². The molecule has 0 aromatic carbocycles. The average Bonchev–Trinajstić information content (AvgIpc) is 3.00. The summed E-state index contributed by atoms with van der Waals surface area (Å²) in [5.41, 5.74) is 16.0. The summed E-state index contributed by atoms with van der Waals surface area (Å²) >= 11 is 0. The highest BCUT2D eigenvalue weighted by atomic mass is 16.4. The van der Waals surface area contributed by atoms with Gasteiger partial charge < -0.3 is 74.6 Å². The van der Waals surface area contributed by atoms with Crippen LogP contribution in [0.1, 0.15) is 40.5 Å². The maximum atomic E-state index is 13.2. The Labute approximate surface area is 275 Å². The van der Waals surface area contributed by atoms with E-state index >= 15 is 0 Å². The minimum atomic E-state index is -1.75. The SMILES string of the molecule is C[C@H](NC(=O)[C@H](CCCN=C(N)N)NC(=O)[C@@H](NC(=O)[C@H](CO)NC(=O)[C@H](C)NC(=O)[C@@H](N)CO)[C@@H](C)O)C(=O)N[C@H](C(=O)O)[C@@H](C)O. The van der Waals surface area contributed by atoms with Gasteiger partial charge in [-0.05, 0) is 40.5 Å². The number of nitrogens with one attached hydrogen (secondary N) is 6. The lowest BCUT2D eigenvalue weighted by atomic mass is 10.1. The summed E-state index contributed by atoms with van der Waals surface area (Å²) in [7, 11) is 0. The molecule has 22 nitrogen and oxygen atoms in total. The molecule has 0 saturated carbocycles. The van der Waals surface area contributed by atoms with Crippen LogP contribution in [0.25, 0.3) is 0 Å². The molecule has 0 saturated heterocycles. The van der Waals surface area contributed by atoms with E-state index in [0.29, 0.717) is 0 Å². The molecule has 0 aliphatic heterocycles. The standard InChI is InChI=1S/C26H48N10O12/c1-10(31-21(43)14(27)8-37)19(41)34-16(9-38)23(45)35-17(12(3)39)24(46)33-15(6-5-7-30-26(28)29)22(44)32-11(2)20(42)36-18(13(4)40)25(47)48/h10-18,37-40H,5-9,27H2,1-4H3,(H,31,43)(H,32,44)(H,33,46)(H,34,41)(H,35,45)(H,36,42)(H,47,48)(H4,28,29,30)/t10-,11-,12+,13+,14-,15-,16-,17-,18-/m0/s1. The minimum Gasteiger partial charge on any atom is -0.480 e. The molecular weight excluding hydrogens is 644 g/mol. The number of aliphatic carboxylic acids is 1. The number of aliphatic imine (C=N–C) groups is 1. The van der Waals surface area contributed by atoms with Crippen LogP contribution in [0.5, 0.6) is 0 Å². The van der Waals surface area contributed by atoms with E-state index in [0.717, 1.165) is 13.8 Å². The number of hydrogen-bond acceptors (Lipinski definition) is 13. The highest BCUT2D eigenvalue weighted by molar-refractivity contribution is 5.97. The van der Waals surface area contributed by atoms with Gasteiger partial charge in [0.15, 0.2) is 12.0 Å². The van der Waals surface area contributed by atoms with Crippen molar-refractivity contribution in [1.82, 2.24) is 31.9 Å². The molecule has 9 atom stereocenters. The van der Waals surface area contributed by atoms with Gasteiger partial charge in [-0.1, -0.05) is 0 Å². The second kappa shape index (κ2) is 21.3. The summed E-state index contributed by atoms with van der Waals surface area (Å²) in [4.78, 5) is 91.1. The Morgan fingerprint density at radius 1 is 0.625 bits per heavy atom. The summed E-state index contributed by atoms with van der Waals surface area (Å²) in [5.74, 6) is -7.73. The molecule has 0 spiro atoms. The zero-order valence-electron chi connectivity index (χ0n) is 27.0. The van der Waals surface area contributed by atoms with Crippen LogP contribution in [0, 0.1) is 0 Å². The molecular formula is C26H48N10O12. The van der Waals surface area contributed by atoms with Gasteiger partial charge in [-0.25, -0.2) is 4.79 Å². The summed E-state index contributed by atoms with van der Waals surface area (Å²) in [6.45, 7) is 3.05. The highest BCUT2D eigenvalue weighted by Crippen LogP contribution is 2.04. The van der Waals surface area contributed by atoms with Crippen LogP contribution in [0.4, 0.5) is 0 Å². The number of carboxylic acid groups (broad SMARTS) is 1. The summed E-state index contributed by atoms with van der Waals surface area (Å²) in [5, 5.41) is 61.0. The second-order valence-electron chi connectivity index (χ2n) is 10.8. The van der Waals surface area contributed by atoms with Gasteiger partial charge in [0.1, 0.15) is 36.3 Å². The van der Waals surface area contributed by atoms with E-state index in [9.17, 15) is 54.0 Å². The van der Waals surface area contributed by atoms with Crippen molar-refractivity contribution in [3.05, 3.63) is 0 Å². The number of guanidine groups is 1. The molecule has 22 heteroatoms. The normalized spacial score (nSPS) is 16.5. The third kappa shape index (κ3) is 15.3. The van der Waals surface area contributed by atoms with E-state index in [1.165, 1.54) is 13.8 Å². The lowest BCUT2D eigenvalue weighted by Gasteiger charge is -2.27. The molecule has 0 aromatic rings. The van der Waals surface area contributed by atoms with E-state index in [2.05, 4.69) is 36.9 Å². The van der Waals surface area contributed by atoms with E-state index < -0.39 is 109 Å². The second-order valence-corrected chi connectivity index (χ2v) is 10.8. The first-order valence-corrected chi connectivity index (χ1v) is 14.7. The number of amides is 6. The Balaban J connectivity index is 5.79. The average molecular weight is 693 g/mol. The number of aliphatic hydroxyl groups excluding tert-OH is 4. The van der Waals surface area contributed by atoms with Crippen LogP contribution in [-0.4, -0.2) is 147 Å². The summed E-state index contributed by atoms with van der Waals surface area (Å²) in [6.07, 6.45) is -3.08. The van der Waals surface area contributed by atoms with E-state index in [1.807, 2.05) is 0 Å². The molecule has 0 fully saturated rings. The summed E-state index contributed by atoms with van der Waals surface area (Å²) < 4.78 is 0. The Kier molecular flexibility index (Phi) is 19.2. The van der Waals surface area contributed by atoms with Gasteiger partial charge in [0.25, 0.3) is 0 Å². The van der Waals surface area contributed by atoms with Crippen molar-refractivity contribution in [3.8, 4) is 0 Å². The minimum absolute atomic E-state index is 0.0198. The Hall–Kier alpha value is -4.64. The van der Waals surface area contributed by atoms with Crippen molar-refractivity contribution in [3.63, 3.8) is 0 Å². The maximum absolute atomic E-state index is 13.2. The first kappa shape index (κ1) is 43.4. The van der Waals surface area contributed by atoms with E-state index in [1.54, 1.807) is 0 Å². The number of nitrogens with zero attached hydrogens (tertiary/aromatic N) is 1. The van der Waals surface area contributed by atoms with Gasteiger partial charge in [-0.3, -0.25) is 33.8 Å². The van der Waals surface area contributed by atoms with Gasteiger partial charge in [0.05, 0.1) is 25.4 Å². The van der Waals surface area contributed by atoms with Crippen LogP contribution in [-0.2, 0) is 33.6 Å². The van der Waals surface area contributed by atoms with Crippen molar-refractivity contribution >= 4 is 47.4 Å². The third-order valence-electron chi connectivity index (χ3n) is 6.54. The van der Waals surface area contributed by atoms with Crippen LogP contribution in [0.15, 0.2) is 4.99 Å². The number of aliphatic hydroxyl groups is 4. The fraction of sp³-hybridized carbons (Fsp3) is 0.692. The number of carboxylic acids is 1. The smallest absolute Gasteiger partial charge is 0.328 e. The molecule has 274 valence electrons. The lowest BCUT2D eigenvalue weighted by Crippen LogP contribution is -2.62. The number of carbonyl (C=O) groups excluding carboxylic acids is 6. The Bertz CT molecular complexity index is 1160. The molecule has 0 heterocycles. The molecule has 6 amide bonds. The molecule has 0 bridgehead atoms. The molecule has 0 radical (unpaired) electrons. The number of nitrogens with two attached hydrogens (primary N) is 3. The van der Waals surface area contributed by atoms with Gasteiger partial charge >= 0.3 is 5.97 Å². The first-order chi connectivity index (χ1) is 22.3. The lowest BCUT2D eigenvalue weighted by molar-refractivity contribution is -0.145. The highest BCUT2D eigenvalue weighted by Gasteiger charge is 2.34. The molecule has 0 aliphatic rings. The van der Waals surface area contributed by atoms with E-state index in [4.69, 9.17) is 22.3 Å². The van der Waals surface area contributed by atoms with Gasteiger partial charge in [0, 0.05) is 6.54 Å². The number of carbonyl (C=O) groups is 7. The van der Waals surface area contributed by atoms with Crippen LogP contribution in [0.2, 0.25) is 0 Å². The van der Waals surface area contributed by atoms with E-state index in [-0.39, 0.29) is 25.3 Å². The number of rotatable bonds is 21. The first-order valence-electron chi connectivity index (χ1n) is 14.7. The van der Waals surface area contributed by atoms with Crippen molar-refractivity contribution < 1.29 is 59.1 Å². The van der Waals surface area contributed by atoms with Gasteiger partial charge in [0.2, 0.25) is 35.4 Å². The quantitative estimate of drug-likeness (QED) is 0.0302. The van der Waals surface area contributed by atoms with Crippen molar-refractivity contribution in [2.75, 3.05) is 19.8 Å². The predicted molar refractivity (Wildman–Crippen MR) is 166 cm³/mol. The van der Waals surface area contributed by atoms with Crippen molar-refractivity contribution in [2.45, 2.75) is 95.0 Å². The molecule has 0 unspecified atom stereocenters. The van der Waals surface area contributed by atoms with Crippen LogP contribution >= 0.6 is 0 Å². The van der Waals surface area contributed by atoms with Crippen molar-refractivity contribution in [2.24, 2.45) is 22.2 Å². The molecule has 48 heavy (non-hydrogen) atoms.